The second-order valence-electron chi connectivity index (χ2n) is 12.3. The summed E-state index contributed by atoms with van der Waals surface area (Å²) in [5.74, 6) is -1.90. The molecule has 1 aliphatic rings. The smallest absolute Gasteiger partial charge is 0.392 e. The van der Waals surface area contributed by atoms with E-state index in [1.54, 1.807) is 30.6 Å². The van der Waals surface area contributed by atoms with E-state index in [9.17, 15) is 27.6 Å². The van der Waals surface area contributed by atoms with Gasteiger partial charge >= 0.3 is 6.18 Å². The molecule has 2 aromatic heterocycles. The third-order valence-electron chi connectivity index (χ3n) is 9.14. The summed E-state index contributed by atoms with van der Waals surface area (Å²) in [6.07, 6.45) is 0.00170. The maximum Gasteiger partial charge on any atom is 0.418 e. The van der Waals surface area contributed by atoms with Gasteiger partial charge < -0.3 is 26.7 Å². The second kappa shape index (κ2) is 14.2. The van der Waals surface area contributed by atoms with Gasteiger partial charge in [0.25, 0.3) is 0 Å². The van der Waals surface area contributed by atoms with Gasteiger partial charge in [-0.2, -0.15) is 13.2 Å². The number of thiocarbonyl (C=S) groups is 1. The van der Waals surface area contributed by atoms with Crippen LogP contribution in [0.2, 0.25) is 0 Å². The number of hydrogen-bond donors (Lipinski definition) is 5. The lowest BCUT2D eigenvalue weighted by Gasteiger charge is -2.40. The minimum absolute atomic E-state index is 0.0269. The van der Waals surface area contributed by atoms with Gasteiger partial charge in [-0.25, -0.2) is 0 Å². The van der Waals surface area contributed by atoms with Gasteiger partial charge in [-0.1, -0.05) is 64.9 Å². The molecule has 0 fully saturated rings. The van der Waals surface area contributed by atoms with E-state index in [0.717, 1.165) is 11.6 Å². The van der Waals surface area contributed by atoms with E-state index >= 15 is 0 Å². The standard InChI is InChI=1S/C33H41F3N6O3S/c1-5-18(3)26(29(37)46)41-31(45)32(13-10-24-22(17-32)21-8-7-9-23(28(21)39-24)33(34,35)36)42-30(44)27(19(4)6-2)40-25(43)16-20-11-14-38-15-12-20/h7-9,11-12,14-15,18-19,26-27,39H,5-6,10,13,16-17H2,1-4H3,(H2,37,46)(H,40,43)(H,41,45)(H,42,44)/t18?,19?,26-,27-,32+/m0/s1. The molecule has 0 saturated carbocycles. The number of aromatic nitrogens is 2. The van der Waals surface area contributed by atoms with E-state index in [4.69, 9.17) is 18.0 Å². The fourth-order valence-corrected chi connectivity index (χ4v) is 6.29. The second-order valence-corrected chi connectivity index (χ2v) is 12.7. The van der Waals surface area contributed by atoms with Crippen molar-refractivity contribution < 1.29 is 27.6 Å². The molecule has 6 N–H and O–H groups in total. The summed E-state index contributed by atoms with van der Waals surface area (Å²) in [4.78, 5) is 48.4. The number of alkyl halides is 3. The summed E-state index contributed by atoms with van der Waals surface area (Å²) in [6, 6.07) is 5.68. The quantitative estimate of drug-likeness (QED) is 0.181. The Kier molecular flexibility index (Phi) is 10.8. The molecule has 3 amide bonds. The number of pyridine rings is 1. The number of carbonyl (C=O) groups is 3. The average Bonchev–Trinajstić information content (AvgIpc) is 3.39. The number of aryl methyl sites for hydroxylation is 1. The molecule has 9 nitrogen and oxygen atoms in total. The third-order valence-corrected chi connectivity index (χ3v) is 9.40. The number of aromatic amines is 1. The molecule has 13 heteroatoms. The molecule has 2 unspecified atom stereocenters. The van der Waals surface area contributed by atoms with E-state index in [-0.39, 0.29) is 53.9 Å². The van der Waals surface area contributed by atoms with E-state index < -0.39 is 41.2 Å². The van der Waals surface area contributed by atoms with Crippen LogP contribution < -0.4 is 21.7 Å². The molecule has 5 atom stereocenters. The number of hydrogen-bond acceptors (Lipinski definition) is 5. The molecular formula is C33H41F3N6O3S. The molecule has 2 heterocycles. The maximum atomic E-state index is 14.3. The molecule has 1 aromatic carbocycles. The summed E-state index contributed by atoms with van der Waals surface area (Å²) in [6.45, 7) is 7.54. The molecule has 0 aliphatic heterocycles. The molecule has 1 aliphatic carbocycles. The van der Waals surface area contributed by atoms with Gasteiger partial charge in [0.05, 0.1) is 28.5 Å². The summed E-state index contributed by atoms with van der Waals surface area (Å²) in [7, 11) is 0. The lowest BCUT2D eigenvalue weighted by Crippen LogP contribution is -2.67. The topological polar surface area (TPSA) is 142 Å². The summed E-state index contributed by atoms with van der Waals surface area (Å²) >= 11 is 5.27. The molecule has 248 valence electrons. The maximum absolute atomic E-state index is 14.3. The van der Waals surface area contributed by atoms with Crippen LogP contribution in [0.3, 0.4) is 0 Å². The number of halogens is 3. The molecular weight excluding hydrogens is 617 g/mol. The Hall–Kier alpha value is -4.00. The van der Waals surface area contributed by atoms with E-state index in [0.29, 0.717) is 29.5 Å². The van der Waals surface area contributed by atoms with Crippen molar-refractivity contribution in [3.05, 3.63) is 65.1 Å². The predicted octanol–water partition coefficient (Wildman–Crippen LogP) is 4.52. The van der Waals surface area contributed by atoms with Crippen LogP contribution in [0, 0.1) is 11.8 Å². The largest absolute Gasteiger partial charge is 0.418 e. The Bertz CT molecular complexity index is 1590. The highest BCUT2D eigenvalue weighted by Gasteiger charge is 2.47. The Morgan fingerprint density at radius 3 is 2.30 bits per heavy atom. The summed E-state index contributed by atoms with van der Waals surface area (Å²) in [5, 5.41) is 9.07. The van der Waals surface area contributed by atoms with Crippen molar-refractivity contribution in [3.63, 3.8) is 0 Å². The number of nitrogens with zero attached hydrogens (tertiary/aromatic N) is 1. The number of nitrogens with one attached hydrogen (secondary N) is 4. The van der Waals surface area contributed by atoms with E-state index in [2.05, 4.69) is 25.9 Å². The van der Waals surface area contributed by atoms with Crippen LogP contribution in [-0.2, 0) is 39.8 Å². The van der Waals surface area contributed by atoms with Crippen LogP contribution in [0.25, 0.3) is 10.9 Å². The highest BCUT2D eigenvalue weighted by molar-refractivity contribution is 7.80. The number of carbonyl (C=O) groups excluding carboxylic acids is 3. The van der Waals surface area contributed by atoms with Gasteiger partial charge in [-0.15, -0.1) is 0 Å². The van der Waals surface area contributed by atoms with Crippen LogP contribution in [-0.4, -0.2) is 50.3 Å². The van der Waals surface area contributed by atoms with Gasteiger partial charge in [0.15, 0.2) is 0 Å². The van der Waals surface area contributed by atoms with Crippen molar-refractivity contribution in [2.24, 2.45) is 17.6 Å². The van der Waals surface area contributed by atoms with Crippen molar-refractivity contribution in [2.75, 3.05) is 0 Å². The predicted molar refractivity (Wildman–Crippen MR) is 174 cm³/mol. The highest BCUT2D eigenvalue weighted by atomic mass is 32.1. The Balaban J connectivity index is 1.72. The fourth-order valence-electron chi connectivity index (χ4n) is 6.00. The Labute approximate surface area is 271 Å². The number of fused-ring (bicyclic) bond motifs is 3. The summed E-state index contributed by atoms with van der Waals surface area (Å²) in [5.41, 5.74) is 5.39. The van der Waals surface area contributed by atoms with E-state index in [1.165, 1.54) is 6.07 Å². The van der Waals surface area contributed by atoms with Crippen molar-refractivity contribution in [1.29, 1.82) is 0 Å². The van der Waals surface area contributed by atoms with Crippen LogP contribution in [0.4, 0.5) is 13.2 Å². The van der Waals surface area contributed by atoms with Crippen LogP contribution >= 0.6 is 12.2 Å². The zero-order chi connectivity index (χ0) is 33.8. The number of amides is 3. The van der Waals surface area contributed by atoms with Crippen LogP contribution in [0.15, 0.2) is 42.7 Å². The molecule has 0 radical (unpaired) electrons. The zero-order valence-electron chi connectivity index (χ0n) is 26.4. The Morgan fingerprint density at radius 1 is 1.04 bits per heavy atom. The van der Waals surface area contributed by atoms with Crippen molar-refractivity contribution in [3.8, 4) is 0 Å². The molecule has 0 saturated heterocycles. The average molecular weight is 659 g/mol. The van der Waals surface area contributed by atoms with E-state index in [1.807, 2.05) is 27.7 Å². The van der Waals surface area contributed by atoms with Crippen molar-refractivity contribution in [2.45, 2.75) is 90.0 Å². The Morgan fingerprint density at radius 2 is 1.70 bits per heavy atom. The van der Waals surface area contributed by atoms with Gasteiger partial charge in [0, 0.05) is 29.9 Å². The lowest BCUT2D eigenvalue weighted by molar-refractivity contribution is -0.137. The van der Waals surface area contributed by atoms with Crippen LogP contribution in [0.5, 0.6) is 0 Å². The van der Waals surface area contributed by atoms with Gasteiger partial charge in [-0.05, 0) is 54.0 Å². The fraction of sp³-hybridized carbons (Fsp3) is 0.485. The minimum Gasteiger partial charge on any atom is -0.392 e. The highest BCUT2D eigenvalue weighted by Crippen LogP contribution is 2.40. The molecule has 0 bridgehead atoms. The lowest BCUT2D eigenvalue weighted by atomic mass is 9.78. The van der Waals surface area contributed by atoms with Gasteiger partial charge in [0.2, 0.25) is 17.7 Å². The van der Waals surface area contributed by atoms with Crippen molar-refractivity contribution in [1.82, 2.24) is 25.9 Å². The normalized spacial score (nSPS) is 18.9. The third kappa shape index (κ3) is 7.51. The number of benzene rings is 1. The van der Waals surface area contributed by atoms with Gasteiger partial charge in [-0.3, -0.25) is 19.4 Å². The zero-order valence-corrected chi connectivity index (χ0v) is 27.2. The first-order chi connectivity index (χ1) is 21.7. The molecule has 46 heavy (non-hydrogen) atoms. The molecule has 4 rings (SSSR count). The monoisotopic (exact) mass is 658 g/mol. The van der Waals surface area contributed by atoms with Crippen molar-refractivity contribution >= 4 is 45.8 Å². The van der Waals surface area contributed by atoms with Crippen LogP contribution in [0.1, 0.15) is 69.3 Å². The minimum atomic E-state index is -4.59. The first kappa shape index (κ1) is 34.9. The first-order valence-electron chi connectivity index (χ1n) is 15.5. The number of H-pyrrole nitrogens is 1. The SMILES string of the molecule is CCC(C)[C@H](NC(=O)Cc1ccncc1)C(=O)N[C@]1(C(=O)N[C@H](C(N)=S)C(C)CC)CCc2[nH]c3c(C(F)(F)F)cccc3c2C1. The summed E-state index contributed by atoms with van der Waals surface area (Å²) < 4.78 is 41.7. The number of nitrogens with two attached hydrogens (primary N) is 1. The first-order valence-corrected chi connectivity index (χ1v) is 15.9. The van der Waals surface area contributed by atoms with Gasteiger partial charge in [0.1, 0.15) is 11.6 Å². The number of para-hydroxylation sites is 1. The number of rotatable bonds is 12. The molecule has 0 spiro atoms. The molecule has 3 aromatic rings.